The van der Waals surface area contributed by atoms with Gasteiger partial charge in [0.05, 0.1) is 12.2 Å². The van der Waals surface area contributed by atoms with Crippen LogP contribution in [0.2, 0.25) is 0 Å². The Balaban J connectivity index is 2.25. The minimum Gasteiger partial charge on any atom is -0.494 e. The van der Waals surface area contributed by atoms with Gasteiger partial charge in [-0.3, -0.25) is 0 Å². The number of rotatable bonds is 5. The highest BCUT2D eigenvalue weighted by Gasteiger charge is 2.09. The van der Waals surface area contributed by atoms with Crippen molar-refractivity contribution in [3.8, 4) is 17.4 Å². The van der Waals surface area contributed by atoms with Crippen molar-refractivity contribution in [2.45, 2.75) is 13.8 Å². The van der Waals surface area contributed by atoms with Crippen LogP contribution in [0.25, 0.3) is 0 Å². The molecular formula is C15H16N2O2S. The Morgan fingerprint density at radius 3 is 2.40 bits per heavy atom. The Morgan fingerprint density at radius 1 is 1.15 bits per heavy atom. The fourth-order valence-corrected chi connectivity index (χ4v) is 1.84. The van der Waals surface area contributed by atoms with Crippen LogP contribution in [0.4, 0.5) is 0 Å². The van der Waals surface area contributed by atoms with Gasteiger partial charge in [-0.2, -0.15) is 0 Å². The molecule has 0 fully saturated rings. The molecule has 0 saturated carbocycles. The summed E-state index contributed by atoms with van der Waals surface area (Å²) >= 11 is 5.00. The molecule has 4 nitrogen and oxygen atoms in total. The summed E-state index contributed by atoms with van der Waals surface area (Å²) in [5.74, 6) is 1.87. The topological polar surface area (TPSA) is 57.4 Å². The number of benzene rings is 1. The lowest BCUT2D eigenvalue weighted by Gasteiger charge is -2.10. The molecular weight excluding hydrogens is 272 g/mol. The largest absolute Gasteiger partial charge is 0.494 e. The van der Waals surface area contributed by atoms with E-state index in [0.29, 0.717) is 23.8 Å². The first-order chi connectivity index (χ1) is 9.60. The average Bonchev–Trinajstić information content (AvgIpc) is 2.41. The van der Waals surface area contributed by atoms with Crippen LogP contribution in [0.5, 0.6) is 17.4 Å². The quantitative estimate of drug-likeness (QED) is 0.856. The molecule has 0 aliphatic carbocycles. The lowest BCUT2D eigenvalue weighted by Crippen LogP contribution is -2.11. The SMILES string of the molecule is CCOc1ccc(Oc2nc(C)ccc2C(N)=S)cc1. The third-order valence-electron chi connectivity index (χ3n) is 2.61. The molecule has 0 bridgehead atoms. The third-order valence-corrected chi connectivity index (χ3v) is 2.83. The van der Waals surface area contributed by atoms with E-state index in [2.05, 4.69) is 4.98 Å². The zero-order valence-electron chi connectivity index (χ0n) is 11.4. The van der Waals surface area contributed by atoms with E-state index in [9.17, 15) is 0 Å². The van der Waals surface area contributed by atoms with Crippen LogP contribution in [0.1, 0.15) is 18.2 Å². The van der Waals surface area contributed by atoms with Gasteiger partial charge in [0.15, 0.2) is 0 Å². The molecule has 0 unspecified atom stereocenters. The van der Waals surface area contributed by atoms with Crippen LogP contribution in [-0.2, 0) is 0 Å². The first-order valence-corrected chi connectivity index (χ1v) is 6.69. The highest BCUT2D eigenvalue weighted by Crippen LogP contribution is 2.25. The number of thiocarbonyl (C=S) groups is 1. The van der Waals surface area contributed by atoms with Crippen molar-refractivity contribution < 1.29 is 9.47 Å². The second-order valence-electron chi connectivity index (χ2n) is 4.18. The van der Waals surface area contributed by atoms with Crippen LogP contribution >= 0.6 is 12.2 Å². The van der Waals surface area contributed by atoms with E-state index in [-0.39, 0.29) is 4.99 Å². The van der Waals surface area contributed by atoms with Gasteiger partial charge in [0, 0.05) is 5.69 Å². The summed E-state index contributed by atoms with van der Waals surface area (Å²) in [7, 11) is 0. The predicted octanol–water partition coefficient (Wildman–Crippen LogP) is 3.22. The van der Waals surface area contributed by atoms with Crippen molar-refractivity contribution in [3.05, 3.63) is 47.7 Å². The van der Waals surface area contributed by atoms with E-state index in [1.54, 1.807) is 0 Å². The molecule has 1 aromatic carbocycles. The summed E-state index contributed by atoms with van der Waals surface area (Å²) in [6.07, 6.45) is 0. The van der Waals surface area contributed by atoms with Crippen molar-refractivity contribution in [2.24, 2.45) is 5.73 Å². The van der Waals surface area contributed by atoms with Crippen molar-refractivity contribution in [2.75, 3.05) is 6.61 Å². The maximum atomic E-state index is 5.75. The summed E-state index contributed by atoms with van der Waals surface area (Å²) in [5.41, 5.74) is 7.14. The molecule has 2 aromatic rings. The fraction of sp³-hybridized carbons (Fsp3) is 0.200. The predicted molar refractivity (Wildman–Crippen MR) is 82.5 cm³/mol. The number of aryl methyl sites for hydroxylation is 1. The lowest BCUT2D eigenvalue weighted by molar-refractivity contribution is 0.339. The van der Waals surface area contributed by atoms with Crippen LogP contribution in [0, 0.1) is 6.92 Å². The molecule has 0 aliphatic heterocycles. The van der Waals surface area contributed by atoms with Crippen LogP contribution in [0.15, 0.2) is 36.4 Å². The van der Waals surface area contributed by atoms with Crippen molar-refractivity contribution in [1.82, 2.24) is 4.98 Å². The van der Waals surface area contributed by atoms with Crippen molar-refractivity contribution in [3.63, 3.8) is 0 Å². The first kappa shape index (κ1) is 14.3. The van der Waals surface area contributed by atoms with E-state index >= 15 is 0 Å². The third kappa shape index (κ3) is 3.45. The van der Waals surface area contributed by atoms with E-state index in [1.165, 1.54) is 0 Å². The van der Waals surface area contributed by atoms with E-state index in [0.717, 1.165) is 11.4 Å². The van der Waals surface area contributed by atoms with Gasteiger partial charge < -0.3 is 15.2 Å². The van der Waals surface area contributed by atoms with E-state index in [1.807, 2.05) is 50.2 Å². The minimum absolute atomic E-state index is 0.262. The van der Waals surface area contributed by atoms with Gasteiger partial charge in [0.25, 0.3) is 0 Å². The number of pyridine rings is 1. The average molecular weight is 288 g/mol. The Morgan fingerprint density at radius 2 is 1.80 bits per heavy atom. The number of nitrogens with zero attached hydrogens (tertiary/aromatic N) is 1. The molecule has 1 aromatic heterocycles. The number of hydrogen-bond acceptors (Lipinski definition) is 4. The molecule has 0 radical (unpaired) electrons. The standard InChI is InChI=1S/C15H16N2O2S/c1-3-18-11-5-7-12(8-6-11)19-15-13(14(16)20)9-4-10(2)17-15/h4-9H,3H2,1-2H3,(H2,16,20). The lowest BCUT2D eigenvalue weighted by atomic mass is 10.2. The Labute approximate surface area is 123 Å². The summed E-state index contributed by atoms with van der Waals surface area (Å²) in [6, 6.07) is 11.0. The second kappa shape index (κ2) is 6.34. The van der Waals surface area contributed by atoms with Gasteiger partial charge in [0.1, 0.15) is 16.5 Å². The fourth-order valence-electron chi connectivity index (χ4n) is 1.68. The number of hydrogen-bond donors (Lipinski definition) is 1. The van der Waals surface area contributed by atoms with Gasteiger partial charge in [-0.25, -0.2) is 4.98 Å². The molecule has 1 heterocycles. The molecule has 2 N–H and O–H groups in total. The van der Waals surface area contributed by atoms with E-state index < -0.39 is 0 Å². The van der Waals surface area contributed by atoms with Gasteiger partial charge in [0.2, 0.25) is 5.88 Å². The van der Waals surface area contributed by atoms with Crippen LogP contribution in [0.3, 0.4) is 0 Å². The molecule has 104 valence electrons. The molecule has 0 atom stereocenters. The summed E-state index contributed by atoms with van der Waals surface area (Å²) in [6.45, 7) is 4.45. The maximum absolute atomic E-state index is 5.75. The highest BCUT2D eigenvalue weighted by molar-refractivity contribution is 7.80. The van der Waals surface area contributed by atoms with E-state index in [4.69, 9.17) is 27.4 Å². The molecule has 2 rings (SSSR count). The smallest absolute Gasteiger partial charge is 0.229 e. The molecule has 5 heteroatoms. The monoisotopic (exact) mass is 288 g/mol. The number of nitrogens with two attached hydrogens (primary N) is 1. The number of aromatic nitrogens is 1. The van der Waals surface area contributed by atoms with Crippen molar-refractivity contribution >= 4 is 17.2 Å². The number of ether oxygens (including phenoxy) is 2. The highest BCUT2D eigenvalue weighted by atomic mass is 32.1. The molecule has 0 aliphatic rings. The summed E-state index contributed by atoms with van der Waals surface area (Å²) in [5, 5.41) is 0. The van der Waals surface area contributed by atoms with Crippen LogP contribution in [-0.4, -0.2) is 16.6 Å². The zero-order valence-corrected chi connectivity index (χ0v) is 12.2. The first-order valence-electron chi connectivity index (χ1n) is 6.28. The maximum Gasteiger partial charge on any atom is 0.229 e. The van der Waals surface area contributed by atoms with Crippen LogP contribution < -0.4 is 15.2 Å². The molecule has 0 amide bonds. The summed E-state index contributed by atoms with van der Waals surface area (Å²) in [4.78, 5) is 4.59. The zero-order chi connectivity index (χ0) is 14.5. The molecule has 0 spiro atoms. The second-order valence-corrected chi connectivity index (χ2v) is 4.62. The Kier molecular flexibility index (Phi) is 4.53. The molecule has 20 heavy (non-hydrogen) atoms. The minimum atomic E-state index is 0.262. The van der Waals surface area contributed by atoms with Gasteiger partial charge in [-0.1, -0.05) is 12.2 Å². The molecule has 0 saturated heterocycles. The van der Waals surface area contributed by atoms with Gasteiger partial charge in [-0.05, 0) is 50.2 Å². The summed E-state index contributed by atoms with van der Waals surface area (Å²) < 4.78 is 11.1. The van der Waals surface area contributed by atoms with Crippen molar-refractivity contribution in [1.29, 1.82) is 0 Å². The normalized spacial score (nSPS) is 10.1. The Bertz CT molecular complexity index is 612. The van der Waals surface area contributed by atoms with Gasteiger partial charge >= 0.3 is 0 Å². The Hall–Kier alpha value is -2.14. The van der Waals surface area contributed by atoms with Gasteiger partial charge in [-0.15, -0.1) is 0 Å².